The Morgan fingerprint density at radius 2 is 1.56 bits per heavy atom. The summed E-state index contributed by atoms with van der Waals surface area (Å²) in [5.74, 6) is -1.18. The zero-order valence-corrected chi connectivity index (χ0v) is 18.8. The van der Waals surface area contributed by atoms with Crippen molar-refractivity contribution in [3.63, 3.8) is 0 Å². The molecule has 0 aliphatic carbocycles. The lowest BCUT2D eigenvalue weighted by atomic mass is 10.1. The molecule has 1 nitrogen and oxygen atoms in total. The van der Waals surface area contributed by atoms with Crippen LogP contribution < -0.4 is 4.90 Å². The summed E-state index contributed by atoms with van der Waals surface area (Å²) in [4.78, 5) is 3.01. The molecule has 0 fully saturated rings. The molecule has 0 radical (unpaired) electrons. The Kier molecular flexibility index (Phi) is 7.13. The highest BCUT2D eigenvalue weighted by Gasteiger charge is 2.17. The topological polar surface area (TPSA) is 3.24 Å². The minimum Gasteiger partial charge on any atom is -0.308 e. The van der Waals surface area contributed by atoms with Gasteiger partial charge in [0, 0.05) is 22.3 Å². The predicted molar refractivity (Wildman–Crippen MR) is 133 cm³/mol. The number of hydrogen-bond donors (Lipinski definition) is 0. The Morgan fingerprint density at radius 1 is 0.844 bits per heavy atom. The standard InChI is InChI=1S/C28H25F2NS/c1-2-3-5-21-7-13-24(14-8-21)31(28-18-12-23(29)20-27(28)30)25-15-9-22(10-16-25)11-17-26-6-4-19-32-26/h4,6-20H,2-3,5H2,1H3. The third-order valence-electron chi connectivity index (χ3n) is 5.30. The fourth-order valence-corrected chi connectivity index (χ4v) is 4.20. The smallest absolute Gasteiger partial charge is 0.150 e. The number of rotatable bonds is 8. The Bertz CT molecular complexity index is 1160. The van der Waals surface area contributed by atoms with Crippen molar-refractivity contribution in [2.45, 2.75) is 26.2 Å². The first-order valence-electron chi connectivity index (χ1n) is 10.8. The fourth-order valence-electron chi connectivity index (χ4n) is 3.58. The second-order valence-electron chi connectivity index (χ2n) is 7.64. The Morgan fingerprint density at radius 3 is 2.19 bits per heavy atom. The van der Waals surface area contributed by atoms with Crippen molar-refractivity contribution in [2.75, 3.05) is 4.90 Å². The van der Waals surface area contributed by atoms with E-state index in [1.54, 1.807) is 11.3 Å². The molecule has 162 valence electrons. The van der Waals surface area contributed by atoms with E-state index in [4.69, 9.17) is 0 Å². The molecule has 3 aromatic carbocycles. The first kappa shape index (κ1) is 22.0. The van der Waals surface area contributed by atoms with Crippen molar-refractivity contribution >= 4 is 40.6 Å². The van der Waals surface area contributed by atoms with Gasteiger partial charge in [0.05, 0.1) is 5.69 Å². The van der Waals surface area contributed by atoms with Gasteiger partial charge < -0.3 is 4.90 Å². The first-order valence-corrected chi connectivity index (χ1v) is 11.7. The number of thiophene rings is 1. The van der Waals surface area contributed by atoms with E-state index in [-0.39, 0.29) is 0 Å². The van der Waals surface area contributed by atoms with Crippen LogP contribution in [0.25, 0.3) is 12.2 Å². The van der Waals surface area contributed by atoms with Crippen LogP contribution in [0.2, 0.25) is 0 Å². The summed E-state index contributed by atoms with van der Waals surface area (Å²) in [7, 11) is 0. The number of unbranched alkanes of at least 4 members (excludes halogenated alkanes) is 1. The maximum atomic E-state index is 14.8. The van der Waals surface area contributed by atoms with E-state index < -0.39 is 11.6 Å². The molecule has 0 spiro atoms. The monoisotopic (exact) mass is 445 g/mol. The van der Waals surface area contributed by atoms with Gasteiger partial charge in [-0.2, -0.15) is 0 Å². The van der Waals surface area contributed by atoms with Gasteiger partial charge in [0.2, 0.25) is 0 Å². The molecule has 4 heteroatoms. The van der Waals surface area contributed by atoms with Crippen LogP contribution in [0.5, 0.6) is 0 Å². The van der Waals surface area contributed by atoms with Crippen LogP contribution in [0.15, 0.2) is 84.2 Å². The minimum absolute atomic E-state index is 0.314. The van der Waals surface area contributed by atoms with E-state index in [1.165, 1.54) is 22.6 Å². The highest BCUT2D eigenvalue weighted by molar-refractivity contribution is 7.10. The van der Waals surface area contributed by atoms with Gasteiger partial charge in [0.25, 0.3) is 0 Å². The van der Waals surface area contributed by atoms with Crippen molar-refractivity contribution in [3.8, 4) is 0 Å². The number of halogens is 2. The van der Waals surface area contributed by atoms with Gasteiger partial charge in [-0.1, -0.05) is 49.8 Å². The molecule has 0 aliphatic heterocycles. The molecule has 4 rings (SSSR count). The maximum Gasteiger partial charge on any atom is 0.150 e. The Labute approximate surface area is 192 Å². The van der Waals surface area contributed by atoms with Crippen LogP contribution in [0.3, 0.4) is 0 Å². The van der Waals surface area contributed by atoms with Gasteiger partial charge in [-0.25, -0.2) is 8.78 Å². The van der Waals surface area contributed by atoms with Gasteiger partial charge in [-0.05, 0) is 77.9 Å². The molecule has 32 heavy (non-hydrogen) atoms. The lowest BCUT2D eigenvalue weighted by molar-refractivity contribution is 0.584. The quantitative estimate of drug-likeness (QED) is 0.261. The van der Waals surface area contributed by atoms with E-state index in [1.807, 2.05) is 52.7 Å². The second-order valence-corrected chi connectivity index (χ2v) is 8.62. The van der Waals surface area contributed by atoms with Crippen LogP contribution in [0, 0.1) is 11.6 Å². The van der Waals surface area contributed by atoms with Gasteiger partial charge in [0.1, 0.15) is 11.6 Å². The summed E-state index contributed by atoms with van der Waals surface area (Å²) in [5, 5.41) is 2.05. The lowest BCUT2D eigenvalue weighted by Gasteiger charge is -2.26. The number of benzene rings is 3. The van der Waals surface area contributed by atoms with Gasteiger partial charge >= 0.3 is 0 Å². The average molecular weight is 446 g/mol. The Balaban J connectivity index is 1.67. The van der Waals surface area contributed by atoms with Gasteiger partial charge in [-0.15, -0.1) is 11.3 Å². The molecule has 0 atom stereocenters. The second kappa shape index (κ2) is 10.4. The molecule has 0 N–H and O–H groups in total. The summed E-state index contributed by atoms with van der Waals surface area (Å²) >= 11 is 1.69. The highest BCUT2D eigenvalue weighted by atomic mass is 32.1. The molecule has 0 saturated carbocycles. The molecule has 0 amide bonds. The fraction of sp³-hybridized carbons (Fsp3) is 0.143. The van der Waals surface area contributed by atoms with Crippen LogP contribution in [0.4, 0.5) is 25.8 Å². The van der Waals surface area contributed by atoms with Gasteiger partial charge in [0.15, 0.2) is 0 Å². The Hall–Kier alpha value is -3.24. The number of anilines is 3. The maximum absolute atomic E-state index is 14.8. The lowest BCUT2D eigenvalue weighted by Crippen LogP contribution is -2.12. The average Bonchev–Trinajstić information content (AvgIpc) is 3.33. The first-order chi connectivity index (χ1) is 15.6. The summed E-state index contributed by atoms with van der Waals surface area (Å²) in [6.07, 6.45) is 7.43. The summed E-state index contributed by atoms with van der Waals surface area (Å²) in [5.41, 5.74) is 4.26. The zero-order chi connectivity index (χ0) is 22.3. The summed E-state index contributed by atoms with van der Waals surface area (Å²) in [6, 6.07) is 23.9. The summed E-state index contributed by atoms with van der Waals surface area (Å²) < 4.78 is 28.4. The minimum atomic E-state index is -0.596. The van der Waals surface area contributed by atoms with Crippen molar-refractivity contribution < 1.29 is 8.78 Å². The number of hydrogen-bond acceptors (Lipinski definition) is 2. The van der Waals surface area contributed by atoms with Crippen molar-refractivity contribution in [3.05, 3.63) is 112 Å². The van der Waals surface area contributed by atoms with Gasteiger partial charge in [-0.3, -0.25) is 0 Å². The van der Waals surface area contributed by atoms with E-state index in [0.29, 0.717) is 5.69 Å². The van der Waals surface area contributed by atoms with Crippen LogP contribution >= 0.6 is 11.3 Å². The molecule has 0 bridgehead atoms. The molecule has 1 aromatic heterocycles. The largest absolute Gasteiger partial charge is 0.308 e. The van der Waals surface area contributed by atoms with Crippen molar-refractivity contribution in [1.82, 2.24) is 0 Å². The molecule has 0 unspecified atom stereocenters. The molecule has 4 aromatic rings. The zero-order valence-electron chi connectivity index (χ0n) is 18.0. The van der Waals surface area contributed by atoms with E-state index >= 15 is 0 Å². The number of nitrogens with zero attached hydrogens (tertiary/aromatic N) is 1. The predicted octanol–water partition coefficient (Wildman–Crippen LogP) is 9.01. The molecule has 1 heterocycles. The third-order valence-corrected chi connectivity index (χ3v) is 6.14. The van der Waals surface area contributed by atoms with E-state index in [2.05, 4.69) is 37.3 Å². The van der Waals surface area contributed by atoms with Crippen LogP contribution in [0.1, 0.15) is 35.8 Å². The number of aryl methyl sites for hydroxylation is 1. The van der Waals surface area contributed by atoms with Crippen LogP contribution in [-0.4, -0.2) is 0 Å². The molecule has 0 saturated heterocycles. The molecule has 0 aliphatic rings. The normalized spacial score (nSPS) is 11.2. The van der Waals surface area contributed by atoms with Crippen LogP contribution in [-0.2, 0) is 6.42 Å². The third kappa shape index (κ3) is 5.32. The van der Waals surface area contributed by atoms with Crippen molar-refractivity contribution in [2.24, 2.45) is 0 Å². The summed E-state index contributed by atoms with van der Waals surface area (Å²) in [6.45, 7) is 2.17. The van der Waals surface area contributed by atoms with E-state index in [9.17, 15) is 8.78 Å². The molecular formula is C28H25F2NS. The van der Waals surface area contributed by atoms with Crippen molar-refractivity contribution in [1.29, 1.82) is 0 Å². The van der Waals surface area contributed by atoms with E-state index in [0.717, 1.165) is 42.3 Å². The molecular weight excluding hydrogens is 420 g/mol. The highest BCUT2D eigenvalue weighted by Crippen LogP contribution is 2.36. The SMILES string of the molecule is CCCCc1ccc(N(c2ccc(C=Cc3cccs3)cc2)c2ccc(F)cc2F)cc1.